The lowest BCUT2D eigenvalue weighted by atomic mass is 9.93. The summed E-state index contributed by atoms with van der Waals surface area (Å²) in [6.45, 7) is 7.92. The highest BCUT2D eigenvalue weighted by atomic mass is 16.5. The van der Waals surface area contributed by atoms with E-state index in [4.69, 9.17) is 9.72 Å². The molecule has 2 saturated heterocycles. The maximum absolute atomic E-state index is 13.2. The van der Waals surface area contributed by atoms with Crippen molar-refractivity contribution < 1.29 is 14.3 Å². The quantitative estimate of drug-likeness (QED) is 0.766. The fourth-order valence-corrected chi connectivity index (χ4v) is 5.14. The number of hydrogen-bond donors (Lipinski definition) is 1. The number of hydrogen-bond acceptors (Lipinski definition) is 5. The molecule has 3 aliphatic heterocycles. The maximum Gasteiger partial charge on any atom is 0.276 e. The Kier molecular flexibility index (Phi) is 5.11. The Bertz CT molecular complexity index is 1120. The summed E-state index contributed by atoms with van der Waals surface area (Å²) in [6.07, 6.45) is 3.59. The van der Waals surface area contributed by atoms with Gasteiger partial charge < -0.3 is 14.5 Å². The first kappa shape index (κ1) is 21.2. The van der Waals surface area contributed by atoms with Crippen LogP contribution in [0.25, 0.3) is 5.65 Å². The summed E-state index contributed by atoms with van der Waals surface area (Å²) >= 11 is 0. The van der Waals surface area contributed by atoms with Gasteiger partial charge in [-0.15, -0.1) is 0 Å². The minimum Gasteiger partial charge on any atom is -0.368 e. The van der Waals surface area contributed by atoms with Gasteiger partial charge >= 0.3 is 0 Å². The number of likely N-dealkylation sites (tertiary alicyclic amines) is 1. The summed E-state index contributed by atoms with van der Waals surface area (Å²) in [4.78, 5) is 47.3. The van der Waals surface area contributed by atoms with E-state index in [-0.39, 0.29) is 29.5 Å². The summed E-state index contributed by atoms with van der Waals surface area (Å²) in [5, 5.41) is 3.22. The van der Waals surface area contributed by atoms with E-state index in [0.717, 1.165) is 31.4 Å². The van der Waals surface area contributed by atoms with Crippen molar-refractivity contribution in [2.45, 2.75) is 71.6 Å². The third-order valence-electron chi connectivity index (χ3n) is 6.81. The maximum atomic E-state index is 13.2. The van der Waals surface area contributed by atoms with Crippen molar-refractivity contribution in [2.75, 3.05) is 19.7 Å². The van der Waals surface area contributed by atoms with Gasteiger partial charge in [-0.05, 0) is 32.1 Å². The average molecular weight is 442 g/mol. The van der Waals surface area contributed by atoms with E-state index in [1.807, 2.05) is 31.7 Å². The highest BCUT2D eigenvalue weighted by Crippen LogP contribution is 2.33. The number of carbonyl (C=O) groups excluding carboxylic acids is 2. The second-order valence-corrected chi connectivity index (χ2v) is 10.2. The molecule has 9 heteroatoms. The molecular weight excluding hydrogens is 410 g/mol. The van der Waals surface area contributed by atoms with Crippen molar-refractivity contribution in [2.24, 2.45) is 5.41 Å². The van der Waals surface area contributed by atoms with Crippen molar-refractivity contribution >= 4 is 17.5 Å². The number of carbonyl (C=O) groups is 2. The molecule has 3 aliphatic rings. The number of amides is 2. The van der Waals surface area contributed by atoms with Crippen LogP contribution in [0.4, 0.5) is 0 Å². The Hall–Kier alpha value is -2.68. The van der Waals surface area contributed by atoms with Gasteiger partial charge in [0.1, 0.15) is 6.10 Å². The molecule has 0 bridgehead atoms. The standard InChI is InChI=1S/C23H31N5O4/c1-23(2,3)22(31)26-10-8-14-16(13-26)24-19-12-15(25-28(19)20(14)29)17-6-4-9-27(17)21(30)18-7-5-11-32-18/h12,17-18,25H,4-11,13H2,1-3H3. The van der Waals surface area contributed by atoms with E-state index in [2.05, 4.69) is 5.10 Å². The molecule has 2 aromatic heterocycles. The van der Waals surface area contributed by atoms with E-state index in [0.29, 0.717) is 49.6 Å². The highest BCUT2D eigenvalue weighted by molar-refractivity contribution is 5.82. The molecule has 9 nitrogen and oxygen atoms in total. The van der Waals surface area contributed by atoms with E-state index in [1.54, 1.807) is 4.90 Å². The number of fused-ring (bicyclic) bond motifs is 2. The minimum atomic E-state index is -0.473. The Labute approximate surface area is 186 Å². The molecule has 2 amide bonds. The molecule has 0 radical (unpaired) electrons. The normalized spacial score (nSPS) is 23.7. The van der Waals surface area contributed by atoms with Crippen molar-refractivity contribution in [3.63, 3.8) is 0 Å². The molecule has 2 unspecified atom stereocenters. The van der Waals surface area contributed by atoms with Crippen molar-refractivity contribution in [3.8, 4) is 0 Å². The fourth-order valence-electron chi connectivity index (χ4n) is 5.14. The van der Waals surface area contributed by atoms with Crippen molar-refractivity contribution in [1.82, 2.24) is 24.4 Å². The van der Waals surface area contributed by atoms with E-state index >= 15 is 0 Å². The summed E-state index contributed by atoms with van der Waals surface area (Å²) < 4.78 is 7.10. The molecule has 5 rings (SSSR count). The highest BCUT2D eigenvalue weighted by Gasteiger charge is 2.37. The number of nitrogens with one attached hydrogen (secondary N) is 1. The Morgan fingerprint density at radius 2 is 2.00 bits per heavy atom. The fraction of sp³-hybridized carbons (Fsp3) is 0.652. The molecule has 0 saturated carbocycles. The lowest BCUT2D eigenvalue weighted by molar-refractivity contribution is -0.142. The lowest BCUT2D eigenvalue weighted by Gasteiger charge is -2.32. The summed E-state index contributed by atoms with van der Waals surface area (Å²) in [6, 6.07) is 1.77. The molecule has 5 heterocycles. The monoisotopic (exact) mass is 441 g/mol. The predicted octanol–water partition coefficient (Wildman–Crippen LogP) is 1.80. The van der Waals surface area contributed by atoms with Gasteiger partial charge in [-0.1, -0.05) is 20.8 Å². The van der Waals surface area contributed by atoms with Crippen LogP contribution in [0.15, 0.2) is 10.9 Å². The third-order valence-corrected chi connectivity index (χ3v) is 6.81. The van der Waals surface area contributed by atoms with Crippen LogP contribution >= 0.6 is 0 Å². The van der Waals surface area contributed by atoms with Gasteiger partial charge in [0.25, 0.3) is 11.5 Å². The van der Waals surface area contributed by atoms with Crippen LogP contribution in [0.2, 0.25) is 0 Å². The van der Waals surface area contributed by atoms with Gasteiger partial charge in [0.15, 0.2) is 5.65 Å². The first-order valence-electron chi connectivity index (χ1n) is 11.6. The SMILES string of the molecule is CC(C)(C)C(=O)N1CCc2c(nc3cc(C4CCCN4C(=O)C4CCCO4)[nH]n3c2=O)C1. The van der Waals surface area contributed by atoms with E-state index < -0.39 is 5.41 Å². The average Bonchev–Trinajstić information content (AvgIpc) is 3.51. The van der Waals surface area contributed by atoms with Crippen LogP contribution in [0.3, 0.4) is 0 Å². The minimum absolute atomic E-state index is 0.0413. The van der Waals surface area contributed by atoms with Crippen LogP contribution in [-0.4, -0.2) is 62.0 Å². The number of nitrogens with zero attached hydrogens (tertiary/aromatic N) is 4. The van der Waals surface area contributed by atoms with Gasteiger partial charge in [-0.25, -0.2) is 9.50 Å². The predicted molar refractivity (Wildman–Crippen MR) is 117 cm³/mol. The molecule has 172 valence electrons. The molecule has 1 N–H and O–H groups in total. The van der Waals surface area contributed by atoms with Crippen LogP contribution in [0, 0.1) is 5.41 Å². The number of aromatic amines is 1. The van der Waals surface area contributed by atoms with Crippen molar-refractivity contribution in [3.05, 3.63) is 33.4 Å². The summed E-state index contributed by atoms with van der Waals surface area (Å²) in [5.41, 5.74) is 2.10. The second-order valence-electron chi connectivity index (χ2n) is 10.2. The first-order valence-corrected chi connectivity index (χ1v) is 11.6. The van der Waals surface area contributed by atoms with Crippen LogP contribution < -0.4 is 5.56 Å². The lowest BCUT2D eigenvalue weighted by Crippen LogP contribution is -2.44. The number of H-pyrrole nitrogens is 1. The molecule has 0 aromatic carbocycles. The molecule has 0 aliphatic carbocycles. The van der Waals surface area contributed by atoms with Crippen LogP contribution in [0.1, 0.15) is 69.4 Å². The van der Waals surface area contributed by atoms with Gasteiger partial charge in [0, 0.05) is 36.7 Å². The van der Waals surface area contributed by atoms with Gasteiger partial charge in [-0.3, -0.25) is 19.5 Å². The number of rotatable bonds is 2. The topological polar surface area (TPSA) is 100 Å². The zero-order chi connectivity index (χ0) is 22.6. The smallest absolute Gasteiger partial charge is 0.276 e. The number of aromatic nitrogens is 3. The largest absolute Gasteiger partial charge is 0.368 e. The molecule has 2 atom stereocenters. The first-order chi connectivity index (χ1) is 15.2. The van der Waals surface area contributed by atoms with Crippen LogP contribution in [-0.2, 0) is 27.3 Å². The molecule has 32 heavy (non-hydrogen) atoms. The molecule has 0 spiro atoms. The Morgan fingerprint density at radius 3 is 2.72 bits per heavy atom. The molecular formula is C23H31N5O4. The Balaban J connectivity index is 1.45. The number of ether oxygens (including phenoxy) is 1. The third kappa shape index (κ3) is 3.52. The van der Waals surface area contributed by atoms with E-state index in [1.165, 1.54) is 4.52 Å². The molecule has 2 aromatic rings. The van der Waals surface area contributed by atoms with Crippen LogP contribution in [0.5, 0.6) is 0 Å². The van der Waals surface area contributed by atoms with E-state index in [9.17, 15) is 14.4 Å². The zero-order valence-electron chi connectivity index (χ0n) is 19.0. The summed E-state index contributed by atoms with van der Waals surface area (Å²) in [7, 11) is 0. The Morgan fingerprint density at radius 1 is 1.19 bits per heavy atom. The van der Waals surface area contributed by atoms with Gasteiger partial charge in [-0.2, -0.15) is 0 Å². The summed E-state index contributed by atoms with van der Waals surface area (Å²) in [5.74, 6) is 0.105. The van der Waals surface area contributed by atoms with Gasteiger partial charge in [0.05, 0.1) is 24.0 Å². The second kappa shape index (κ2) is 7.72. The zero-order valence-corrected chi connectivity index (χ0v) is 19.0. The van der Waals surface area contributed by atoms with Gasteiger partial charge in [0.2, 0.25) is 5.91 Å². The van der Waals surface area contributed by atoms with Crippen molar-refractivity contribution in [1.29, 1.82) is 0 Å². The molecule has 2 fully saturated rings.